The van der Waals surface area contributed by atoms with Crippen LogP contribution < -0.4 is 10.6 Å². The van der Waals surface area contributed by atoms with E-state index >= 15 is 0 Å². The van der Waals surface area contributed by atoms with Crippen LogP contribution in [0, 0.1) is 0 Å². The summed E-state index contributed by atoms with van der Waals surface area (Å²) in [6.45, 7) is 0. The number of hydrogen-bond donors (Lipinski definition) is 2. The highest BCUT2D eigenvalue weighted by atomic mass is 35.5. The summed E-state index contributed by atoms with van der Waals surface area (Å²) >= 11 is 7.99. The van der Waals surface area contributed by atoms with Gasteiger partial charge in [0.2, 0.25) is 5.95 Å². The van der Waals surface area contributed by atoms with E-state index in [2.05, 4.69) is 32.0 Å². The van der Waals surface area contributed by atoms with Crippen molar-refractivity contribution in [1.29, 1.82) is 0 Å². The maximum atomic E-state index is 6.16. The van der Waals surface area contributed by atoms with Crippen LogP contribution in [0.25, 0.3) is 0 Å². The van der Waals surface area contributed by atoms with Gasteiger partial charge in [0.15, 0.2) is 5.82 Å². The lowest BCUT2D eigenvalue weighted by Gasteiger charge is -2.24. The molecule has 0 fully saturated rings. The molecule has 0 aliphatic heterocycles. The quantitative estimate of drug-likeness (QED) is 0.906. The van der Waals surface area contributed by atoms with Gasteiger partial charge in [0.1, 0.15) is 5.02 Å². The predicted octanol–water partition coefficient (Wildman–Crippen LogP) is 3.72. The number of halogens is 1. The van der Waals surface area contributed by atoms with Gasteiger partial charge in [-0.2, -0.15) is 4.98 Å². The van der Waals surface area contributed by atoms with E-state index in [0.717, 1.165) is 6.42 Å². The molecule has 2 aromatic heterocycles. The van der Waals surface area contributed by atoms with Gasteiger partial charge in [0.05, 0.1) is 12.2 Å². The van der Waals surface area contributed by atoms with E-state index in [1.165, 1.54) is 23.3 Å². The molecule has 2 N–H and O–H groups in total. The summed E-state index contributed by atoms with van der Waals surface area (Å²) in [5, 5.41) is 9.09. The fourth-order valence-electron chi connectivity index (χ4n) is 2.39. The van der Waals surface area contributed by atoms with Crippen molar-refractivity contribution in [2.24, 2.45) is 0 Å². The predicted molar refractivity (Wildman–Crippen MR) is 80.2 cm³/mol. The van der Waals surface area contributed by atoms with Crippen LogP contribution in [0.1, 0.15) is 29.3 Å². The van der Waals surface area contributed by atoms with E-state index in [9.17, 15) is 0 Å². The third kappa shape index (κ3) is 2.53. The number of aromatic nitrogens is 2. The van der Waals surface area contributed by atoms with E-state index in [0.29, 0.717) is 22.8 Å². The number of rotatable bonds is 3. The largest absolute Gasteiger partial charge is 0.362 e. The second-order valence-corrected chi connectivity index (χ2v) is 5.94. The minimum Gasteiger partial charge on any atom is -0.362 e. The molecule has 3 rings (SSSR count). The number of hydrogen-bond acceptors (Lipinski definition) is 5. The van der Waals surface area contributed by atoms with E-state index in [1.807, 2.05) is 11.3 Å². The zero-order valence-corrected chi connectivity index (χ0v) is 12.2. The minimum absolute atomic E-state index is 0.298. The zero-order valence-electron chi connectivity index (χ0n) is 10.6. The van der Waals surface area contributed by atoms with Crippen molar-refractivity contribution in [1.82, 2.24) is 9.97 Å². The van der Waals surface area contributed by atoms with Crippen molar-refractivity contribution in [3.63, 3.8) is 0 Å². The van der Waals surface area contributed by atoms with Gasteiger partial charge in [0.25, 0.3) is 0 Å². The number of nitrogens with zero attached hydrogens (tertiary/aromatic N) is 2. The van der Waals surface area contributed by atoms with Crippen LogP contribution in [-0.4, -0.2) is 17.0 Å². The first-order valence-corrected chi connectivity index (χ1v) is 7.57. The first kappa shape index (κ1) is 12.7. The van der Waals surface area contributed by atoms with Crippen molar-refractivity contribution in [2.45, 2.75) is 25.3 Å². The lowest BCUT2D eigenvalue weighted by molar-refractivity contribution is 0.607. The van der Waals surface area contributed by atoms with Gasteiger partial charge >= 0.3 is 0 Å². The van der Waals surface area contributed by atoms with Gasteiger partial charge in [-0.05, 0) is 36.3 Å². The van der Waals surface area contributed by atoms with Gasteiger partial charge in [-0.3, -0.25) is 0 Å². The number of thiophene rings is 1. The zero-order chi connectivity index (χ0) is 13.2. The Kier molecular flexibility index (Phi) is 3.57. The normalized spacial score (nSPS) is 17.9. The number of fused-ring (bicyclic) bond motifs is 1. The van der Waals surface area contributed by atoms with Crippen molar-refractivity contribution < 1.29 is 0 Å². The Labute approximate surface area is 121 Å². The Morgan fingerprint density at radius 1 is 1.47 bits per heavy atom. The second-order valence-electron chi connectivity index (χ2n) is 4.53. The average Bonchev–Trinajstić information content (AvgIpc) is 2.90. The summed E-state index contributed by atoms with van der Waals surface area (Å²) in [4.78, 5) is 9.95. The van der Waals surface area contributed by atoms with E-state index < -0.39 is 0 Å². The Morgan fingerprint density at radius 2 is 2.37 bits per heavy atom. The van der Waals surface area contributed by atoms with E-state index in [-0.39, 0.29) is 0 Å². The van der Waals surface area contributed by atoms with Crippen molar-refractivity contribution in [3.8, 4) is 0 Å². The Morgan fingerprint density at radius 3 is 3.21 bits per heavy atom. The highest BCUT2D eigenvalue weighted by molar-refractivity contribution is 7.10. The first-order valence-electron chi connectivity index (χ1n) is 6.31. The number of aryl methyl sites for hydroxylation is 1. The van der Waals surface area contributed by atoms with Crippen LogP contribution in [-0.2, 0) is 6.42 Å². The lowest BCUT2D eigenvalue weighted by atomic mass is 9.94. The fourth-order valence-corrected chi connectivity index (χ4v) is 3.52. The SMILES string of the molecule is CNc1ncc(Cl)c(NC2CCCc3sccc32)n1. The maximum Gasteiger partial charge on any atom is 0.224 e. The molecule has 2 aromatic rings. The molecule has 2 heterocycles. The first-order chi connectivity index (χ1) is 9.28. The molecular weight excluding hydrogens is 280 g/mol. The molecule has 4 nitrogen and oxygen atoms in total. The Balaban J connectivity index is 1.87. The summed E-state index contributed by atoms with van der Waals surface area (Å²) in [7, 11) is 1.80. The van der Waals surface area contributed by atoms with Gasteiger partial charge in [-0.15, -0.1) is 11.3 Å². The van der Waals surface area contributed by atoms with Gasteiger partial charge in [0, 0.05) is 11.9 Å². The Hall–Kier alpha value is -1.33. The third-order valence-corrected chi connectivity index (χ3v) is 4.60. The molecule has 0 aromatic carbocycles. The molecule has 1 aliphatic rings. The molecule has 0 radical (unpaired) electrons. The molecule has 0 bridgehead atoms. The average molecular weight is 295 g/mol. The molecule has 0 saturated heterocycles. The highest BCUT2D eigenvalue weighted by Crippen LogP contribution is 2.36. The number of anilines is 2. The molecule has 19 heavy (non-hydrogen) atoms. The van der Waals surface area contributed by atoms with Crippen LogP contribution in [0.3, 0.4) is 0 Å². The van der Waals surface area contributed by atoms with E-state index in [4.69, 9.17) is 11.6 Å². The molecule has 0 amide bonds. The topological polar surface area (TPSA) is 49.8 Å². The molecule has 1 atom stereocenters. The molecule has 0 spiro atoms. The molecule has 0 saturated carbocycles. The highest BCUT2D eigenvalue weighted by Gasteiger charge is 2.22. The smallest absolute Gasteiger partial charge is 0.224 e. The summed E-state index contributed by atoms with van der Waals surface area (Å²) in [5.74, 6) is 1.28. The molecule has 1 aliphatic carbocycles. The lowest BCUT2D eigenvalue weighted by Crippen LogP contribution is -2.17. The van der Waals surface area contributed by atoms with Crippen LogP contribution >= 0.6 is 22.9 Å². The van der Waals surface area contributed by atoms with Crippen LogP contribution in [0.5, 0.6) is 0 Å². The third-order valence-electron chi connectivity index (χ3n) is 3.33. The molecule has 100 valence electrons. The minimum atomic E-state index is 0.298. The van der Waals surface area contributed by atoms with Gasteiger partial charge in [-0.1, -0.05) is 11.6 Å². The number of nitrogens with one attached hydrogen (secondary N) is 2. The molecule has 1 unspecified atom stereocenters. The van der Waals surface area contributed by atoms with Gasteiger partial charge < -0.3 is 10.6 Å². The van der Waals surface area contributed by atoms with Crippen molar-refractivity contribution >= 4 is 34.7 Å². The summed E-state index contributed by atoms with van der Waals surface area (Å²) in [5.41, 5.74) is 1.39. The fraction of sp³-hybridized carbons (Fsp3) is 0.385. The summed E-state index contributed by atoms with van der Waals surface area (Å²) in [6.07, 6.45) is 5.12. The monoisotopic (exact) mass is 294 g/mol. The van der Waals surface area contributed by atoms with Crippen molar-refractivity contribution in [3.05, 3.63) is 33.1 Å². The Bertz CT molecular complexity index is 584. The van der Waals surface area contributed by atoms with Crippen LogP contribution in [0.4, 0.5) is 11.8 Å². The molecular formula is C13H15ClN4S. The van der Waals surface area contributed by atoms with Crippen LogP contribution in [0.15, 0.2) is 17.6 Å². The van der Waals surface area contributed by atoms with Crippen molar-refractivity contribution in [2.75, 3.05) is 17.7 Å². The summed E-state index contributed by atoms with van der Waals surface area (Å²) in [6, 6.07) is 2.50. The van der Waals surface area contributed by atoms with Gasteiger partial charge in [-0.25, -0.2) is 4.98 Å². The second kappa shape index (κ2) is 5.35. The van der Waals surface area contributed by atoms with E-state index in [1.54, 1.807) is 13.2 Å². The van der Waals surface area contributed by atoms with Crippen LogP contribution in [0.2, 0.25) is 5.02 Å². The summed E-state index contributed by atoms with van der Waals surface area (Å²) < 4.78 is 0. The molecule has 6 heteroatoms. The maximum absolute atomic E-state index is 6.16. The standard InChI is InChI=1S/C13H15ClN4S/c1-15-13-16-7-9(14)12(18-13)17-10-3-2-4-11-8(10)5-6-19-11/h5-7,10H,2-4H2,1H3,(H2,15,16,17,18).